The van der Waals surface area contributed by atoms with Gasteiger partial charge in [0.15, 0.2) is 4.96 Å². The minimum Gasteiger partial charge on any atom is -0.385 e. The molecule has 0 bridgehead atoms. The van der Waals surface area contributed by atoms with Crippen molar-refractivity contribution in [2.24, 2.45) is 0 Å². The lowest BCUT2D eigenvalue weighted by Gasteiger charge is -2.34. The van der Waals surface area contributed by atoms with Crippen molar-refractivity contribution in [2.45, 2.75) is 12.2 Å². The van der Waals surface area contributed by atoms with Crippen LogP contribution in [-0.2, 0) is 20.1 Å². The average molecular weight is 454 g/mol. The monoisotopic (exact) mass is 453 g/mol. The molecule has 2 aromatic heterocycles. The molecule has 164 valence electrons. The molecule has 0 aromatic carbocycles. The van der Waals surface area contributed by atoms with Crippen LogP contribution in [0.1, 0.15) is 12.1 Å². The van der Waals surface area contributed by atoms with Gasteiger partial charge in [-0.25, -0.2) is 4.98 Å². The predicted molar refractivity (Wildman–Crippen MR) is 118 cm³/mol. The fourth-order valence-electron chi connectivity index (χ4n) is 3.15. The minimum absolute atomic E-state index is 0.00699. The van der Waals surface area contributed by atoms with Crippen molar-refractivity contribution >= 4 is 39.9 Å². The molecule has 11 heteroatoms. The van der Waals surface area contributed by atoms with Crippen molar-refractivity contribution in [3.8, 4) is 0 Å². The maximum Gasteiger partial charge on any atom is 0.258 e. The summed E-state index contributed by atoms with van der Waals surface area (Å²) in [6, 6.07) is 1.52. The summed E-state index contributed by atoms with van der Waals surface area (Å²) < 4.78 is 6.48. The number of thiazole rings is 1. The number of hydrogen-bond acceptors (Lipinski definition) is 8. The van der Waals surface area contributed by atoms with E-state index >= 15 is 0 Å². The van der Waals surface area contributed by atoms with Crippen LogP contribution in [0.25, 0.3) is 4.96 Å². The number of piperazine rings is 1. The van der Waals surface area contributed by atoms with Gasteiger partial charge in [-0.15, -0.1) is 23.1 Å². The summed E-state index contributed by atoms with van der Waals surface area (Å²) in [5, 5.41) is 4.71. The summed E-state index contributed by atoms with van der Waals surface area (Å²) in [7, 11) is 1.64. The number of thioether (sulfide) groups is 1. The van der Waals surface area contributed by atoms with Crippen LogP contribution >= 0.6 is 23.1 Å². The minimum atomic E-state index is -0.0953. The van der Waals surface area contributed by atoms with Crippen molar-refractivity contribution in [3.63, 3.8) is 0 Å². The Balaban J connectivity index is 1.35. The third-order valence-corrected chi connectivity index (χ3v) is 6.48. The number of methoxy groups -OCH3 is 1. The van der Waals surface area contributed by atoms with Gasteiger partial charge < -0.3 is 15.0 Å². The smallest absolute Gasteiger partial charge is 0.258 e. The number of carbonyl (C=O) groups is 2. The quantitative estimate of drug-likeness (QED) is 0.517. The second-order valence-corrected chi connectivity index (χ2v) is 8.85. The van der Waals surface area contributed by atoms with Crippen molar-refractivity contribution in [1.82, 2.24) is 24.5 Å². The van der Waals surface area contributed by atoms with Gasteiger partial charge >= 0.3 is 0 Å². The Bertz CT molecular complexity index is 908. The first-order chi connectivity index (χ1) is 14.6. The van der Waals surface area contributed by atoms with Crippen LogP contribution in [0.15, 0.2) is 22.4 Å². The fraction of sp³-hybridized carbons (Fsp3) is 0.579. The van der Waals surface area contributed by atoms with Gasteiger partial charge in [-0.05, 0) is 6.42 Å². The number of amides is 2. The van der Waals surface area contributed by atoms with Crippen molar-refractivity contribution in [3.05, 3.63) is 33.7 Å². The molecule has 2 aromatic rings. The Hall–Kier alpha value is -1.95. The molecule has 1 aliphatic heterocycles. The summed E-state index contributed by atoms with van der Waals surface area (Å²) in [6.45, 7) is 4.23. The van der Waals surface area contributed by atoms with E-state index in [9.17, 15) is 14.4 Å². The number of nitrogens with zero attached hydrogens (tertiary/aromatic N) is 4. The Kier molecular flexibility index (Phi) is 8.67. The molecule has 2 amide bonds. The van der Waals surface area contributed by atoms with E-state index in [1.165, 1.54) is 33.6 Å². The fourth-order valence-corrected chi connectivity index (χ4v) is 4.71. The molecule has 1 fully saturated rings. The Morgan fingerprint density at radius 3 is 2.87 bits per heavy atom. The molecule has 0 saturated carbocycles. The first-order valence-corrected chi connectivity index (χ1v) is 11.9. The number of rotatable bonds is 10. The van der Waals surface area contributed by atoms with Crippen LogP contribution in [0.3, 0.4) is 0 Å². The Morgan fingerprint density at radius 1 is 1.30 bits per heavy atom. The number of carbonyl (C=O) groups excluding carboxylic acids is 2. The van der Waals surface area contributed by atoms with E-state index in [1.54, 1.807) is 13.3 Å². The standard InChI is InChI=1S/C19H27N5O4S2/c1-28-9-2-3-20-16(25)12-22-4-6-23(7-5-22)18(27)14-29-13-15-11-17(26)24-8-10-30-19(24)21-15/h8,10-11H,2-7,9,12-14H2,1H3,(H,20,25). The highest BCUT2D eigenvalue weighted by Gasteiger charge is 2.22. The summed E-state index contributed by atoms with van der Waals surface area (Å²) in [4.78, 5) is 45.5. The number of hydrogen-bond donors (Lipinski definition) is 1. The molecule has 0 radical (unpaired) electrons. The van der Waals surface area contributed by atoms with E-state index in [1.807, 2.05) is 10.3 Å². The number of fused-ring (bicyclic) bond motifs is 1. The number of ether oxygens (including phenoxy) is 1. The summed E-state index contributed by atoms with van der Waals surface area (Å²) in [5.74, 6) is 0.967. The van der Waals surface area contributed by atoms with Crippen LogP contribution in [0.2, 0.25) is 0 Å². The van der Waals surface area contributed by atoms with Crippen LogP contribution in [-0.4, -0.2) is 89.7 Å². The molecule has 30 heavy (non-hydrogen) atoms. The van der Waals surface area contributed by atoms with Gasteiger partial charge in [0.05, 0.1) is 18.0 Å². The molecule has 3 rings (SSSR count). The highest BCUT2D eigenvalue weighted by Crippen LogP contribution is 2.14. The molecule has 1 saturated heterocycles. The SMILES string of the molecule is COCCCNC(=O)CN1CCN(C(=O)CSCc2cc(=O)n3ccsc3n2)CC1. The summed E-state index contributed by atoms with van der Waals surface area (Å²) >= 11 is 2.88. The van der Waals surface area contributed by atoms with Gasteiger partial charge in [0.2, 0.25) is 11.8 Å². The molecular formula is C19H27N5O4S2. The second kappa shape index (κ2) is 11.4. The van der Waals surface area contributed by atoms with Crippen LogP contribution in [0, 0.1) is 0 Å². The third-order valence-electron chi connectivity index (χ3n) is 4.77. The lowest BCUT2D eigenvalue weighted by atomic mass is 10.3. The van der Waals surface area contributed by atoms with Crippen LogP contribution < -0.4 is 10.9 Å². The maximum absolute atomic E-state index is 12.5. The first-order valence-electron chi connectivity index (χ1n) is 9.86. The molecular weight excluding hydrogens is 426 g/mol. The highest BCUT2D eigenvalue weighted by atomic mass is 32.2. The van der Waals surface area contributed by atoms with Gasteiger partial charge in [-0.1, -0.05) is 0 Å². The number of nitrogens with one attached hydrogen (secondary N) is 1. The zero-order valence-electron chi connectivity index (χ0n) is 17.0. The van der Waals surface area contributed by atoms with Gasteiger partial charge in [0.25, 0.3) is 5.56 Å². The first kappa shape index (κ1) is 22.7. The van der Waals surface area contributed by atoms with E-state index in [-0.39, 0.29) is 17.4 Å². The molecule has 3 heterocycles. The van der Waals surface area contributed by atoms with Gasteiger partial charge in [0, 0.05) is 69.8 Å². The second-order valence-electron chi connectivity index (χ2n) is 6.99. The molecule has 0 aliphatic carbocycles. The van der Waals surface area contributed by atoms with Crippen LogP contribution in [0.4, 0.5) is 0 Å². The lowest BCUT2D eigenvalue weighted by molar-refractivity contribution is -0.130. The van der Waals surface area contributed by atoms with Crippen molar-refractivity contribution in [1.29, 1.82) is 0 Å². The molecule has 1 N–H and O–H groups in total. The van der Waals surface area contributed by atoms with Gasteiger partial charge in [-0.2, -0.15) is 0 Å². The summed E-state index contributed by atoms with van der Waals surface area (Å²) in [6.07, 6.45) is 2.51. The molecule has 0 unspecified atom stereocenters. The van der Waals surface area contributed by atoms with E-state index in [2.05, 4.69) is 15.2 Å². The van der Waals surface area contributed by atoms with Gasteiger partial charge in [-0.3, -0.25) is 23.7 Å². The van der Waals surface area contributed by atoms with Crippen molar-refractivity contribution < 1.29 is 14.3 Å². The number of aromatic nitrogens is 2. The highest BCUT2D eigenvalue weighted by molar-refractivity contribution is 7.99. The molecule has 9 nitrogen and oxygen atoms in total. The zero-order chi connectivity index (χ0) is 21.3. The van der Waals surface area contributed by atoms with Crippen LogP contribution in [0.5, 0.6) is 0 Å². The third kappa shape index (κ3) is 6.53. The normalized spacial score (nSPS) is 14.9. The zero-order valence-corrected chi connectivity index (χ0v) is 18.7. The van der Waals surface area contributed by atoms with E-state index in [0.29, 0.717) is 68.0 Å². The topological polar surface area (TPSA) is 96.2 Å². The average Bonchev–Trinajstić information content (AvgIpc) is 3.21. The predicted octanol–water partition coefficient (Wildman–Crippen LogP) is 0.286. The van der Waals surface area contributed by atoms with Gasteiger partial charge in [0.1, 0.15) is 0 Å². The molecule has 0 spiro atoms. The maximum atomic E-state index is 12.5. The van der Waals surface area contributed by atoms with E-state index < -0.39 is 0 Å². The lowest BCUT2D eigenvalue weighted by Crippen LogP contribution is -2.51. The molecule has 0 atom stereocenters. The Morgan fingerprint density at radius 2 is 2.10 bits per heavy atom. The largest absolute Gasteiger partial charge is 0.385 e. The summed E-state index contributed by atoms with van der Waals surface area (Å²) in [5.41, 5.74) is 0.601. The van der Waals surface area contributed by atoms with E-state index in [4.69, 9.17) is 4.74 Å². The van der Waals surface area contributed by atoms with E-state index in [0.717, 1.165) is 6.42 Å². The Labute approximate surface area is 183 Å². The molecule has 1 aliphatic rings. The van der Waals surface area contributed by atoms with Crippen molar-refractivity contribution in [2.75, 3.05) is 58.7 Å².